The van der Waals surface area contributed by atoms with Gasteiger partial charge in [-0.2, -0.15) is 0 Å². The number of rotatable bonds is 6. The molecular weight excluding hydrogens is 244 g/mol. The molecule has 0 bridgehead atoms. The zero-order chi connectivity index (χ0) is 12.8. The van der Waals surface area contributed by atoms with E-state index in [0.717, 1.165) is 36.2 Å². The summed E-state index contributed by atoms with van der Waals surface area (Å²) in [5.74, 6) is 0. The number of hydrogen-bond acceptors (Lipinski definition) is 5. The largest absolute Gasteiger partial charge is 0.374 e. The van der Waals surface area contributed by atoms with E-state index in [1.165, 1.54) is 43.8 Å². The minimum absolute atomic E-state index is 0.736. The van der Waals surface area contributed by atoms with Gasteiger partial charge in [-0.1, -0.05) is 24.8 Å². The molecule has 5 heteroatoms. The van der Waals surface area contributed by atoms with Gasteiger partial charge in [0, 0.05) is 30.7 Å². The van der Waals surface area contributed by atoms with E-state index in [2.05, 4.69) is 33.7 Å². The molecule has 0 aromatic carbocycles. The second kappa shape index (κ2) is 7.04. The van der Waals surface area contributed by atoms with Crippen LogP contribution in [0.5, 0.6) is 0 Å². The smallest absolute Gasteiger partial charge is 0.134 e. The molecule has 0 amide bonds. The molecule has 1 aromatic heterocycles. The monoisotopic (exact) mass is 268 g/mol. The van der Waals surface area contributed by atoms with Crippen LogP contribution in [-0.4, -0.2) is 33.6 Å². The Kier molecular flexibility index (Phi) is 5.38. The third kappa shape index (κ3) is 3.42. The fraction of sp³-hybridized carbons (Fsp3) is 0.846. The lowest BCUT2D eigenvalue weighted by molar-refractivity contribution is 0.134. The minimum Gasteiger partial charge on any atom is -0.374 e. The molecule has 1 aliphatic heterocycles. The van der Waals surface area contributed by atoms with Gasteiger partial charge in [-0.15, -0.1) is 5.10 Å². The average Bonchev–Trinajstić information content (AvgIpc) is 2.84. The Hall–Kier alpha value is -0.680. The summed E-state index contributed by atoms with van der Waals surface area (Å²) in [5.41, 5.74) is 1.13. The van der Waals surface area contributed by atoms with Crippen LogP contribution < -0.4 is 5.32 Å². The summed E-state index contributed by atoms with van der Waals surface area (Å²) in [6, 6.07) is 0.736. The van der Waals surface area contributed by atoms with Crippen LogP contribution in [0.4, 0.5) is 5.00 Å². The highest BCUT2D eigenvalue weighted by Gasteiger charge is 2.22. The molecule has 0 aliphatic carbocycles. The van der Waals surface area contributed by atoms with Gasteiger partial charge in [0.05, 0.1) is 0 Å². The zero-order valence-electron chi connectivity index (χ0n) is 11.5. The predicted octanol–water partition coefficient (Wildman–Crippen LogP) is 3.12. The molecule has 2 rings (SSSR count). The second-order valence-electron chi connectivity index (χ2n) is 5.00. The second-order valence-corrected chi connectivity index (χ2v) is 5.76. The van der Waals surface area contributed by atoms with Gasteiger partial charge in [-0.25, -0.2) is 0 Å². The Morgan fingerprint density at radius 3 is 3.06 bits per heavy atom. The van der Waals surface area contributed by atoms with Gasteiger partial charge < -0.3 is 5.32 Å². The minimum atomic E-state index is 0.736. The van der Waals surface area contributed by atoms with Crippen LogP contribution in [-0.2, 0) is 6.54 Å². The van der Waals surface area contributed by atoms with Crippen molar-refractivity contribution in [2.45, 2.75) is 58.5 Å². The highest BCUT2D eigenvalue weighted by atomic mass is 32.1. The molecule has 1 N–H and O–H groups in total. The Bertz CT molecular complexity index is 353. The summed E-state index contributed by atoms with van der Waals surface area (Å²) in [5, 5.41) is 8.89. The molecule has 1 unspecified atom stereocenters. The standard InChI is InChI=1S/C13H24N4S/c1-3-8-14-13-12(15-16-18-13)10-17-9-6-5-7-11(17)4-2/h11,14H,3-10H2,1-2H3. The summed E-state index contributed by atoms with van der Waals surface area (Å²) in [6.07, 6.45) is 6.43. The molecule has 2 heterocycles. The van der Waals surface area contributed by atoms with Crippen molar-refractivity contribution in [3.63, 3.8) is 0 Å². The Labute approximate surface area is 114 Å². The maximum atomic E-state index is 4.30. The van der Waals surface area contributed by atoms with Crippen LogP contribution in [0.3, 0.4) is 0 Å². The Morgan fingerprint density at radius 1 is 1.39 bits per heavy atom. The molecule has 0 spiro atoms. The van der Waals surface area contributed by atoms with Gasteiger partial charge in [-0.05, 0) is 32.2 Å². The van der Waals surface area contributed by atoms with Crippen LogP contribution >= 0.6 is 11.5 Å². The topological polar surface area (TPSA) is 41.1 Å². The number of nitrogens with one attached hydrogen (secondary N) is 1. The van der Waals surface area contributed by atoms with Crippen molar-refractivity contribution in [3.05, 3.63) is 5.69 Å². The lowest BCUT2D eigenvalue weighted by Crippen LogP contribution is -2.38. The summed E-state index contributed by atoms with van der Waals surface area (Å²) in [4.78, 5) is 2.58. The van der Waals surface area contributed by atoms with Crippen molar-refractivity contribution < 1.29 is 0 Å². The number of nitrogens with zero attached hydrogens (tertiary/aromatic N) is 3. The highest BCUT2D eigenvalue weighted by Crippen LogP contribution is 2.25. The van der Waals surface area contributed by atoms with Gasteiger partial charge >= 0.3 is 0 Å². The first-order valence-electron chi connectivity index (χ1n) is 7.14. The summed E-state index contributed by atoms with van der Waals surface area (Å²) in [7, 11) is 0. The maximum Gasteiger partial charge on any atom is 0.134 e. The number of hydrogen-bond donors (Lipinski definition) is 1. The quantitative estimate of drug-likeness (QED) is 0.860. The fourth-order valence-corrected chi connectivity index (χ4v) is 3.21. The molecule has 1 saturated heterocycles. The van der Waals surface area contributed by atoms with Crippen LogP contribution in [0.15, 0.2) is 0 Å². The van der Waals surface area contributed by atoms with Gasteiger partial charge in [0.25, 0.3) is 0 Å². The van der Waals surface area contributed by atoms with Crippen molar-refractivity contribution in [2.24, 2.45) is 0 Å². The van der Waals surface area contributed by atoms with E-state index in [-0.39, 0.29) is 0 Å². The fourth-order valence-electron chi connectivity index (χ4n) is 2.61. The average molecular weight is 268 g/mol. The first-order valence-corrected chi connectivity index (χ1v) is 7.91. The van der Waals surface area contributed by atoms with Gasteiger partial charge in [0.15, 0.2) is 0 Å². The normalized spacial score (nSPS) is 21.1. The third-order valence-corrected chi connectivity index (χ3v) is 4.39. The van der Waals surface area contributed by atoms with E-state index in [1.807, 2.05) is 0 Å². The Morgan fingerprint density at radius 2 is 2.28 bits per heavy atom. The third-order valence-electron chi connectivity index (χ3n) is 3.66. The zero-order valence-corrected chi connectivity index (χ0v) is 12.3. The molecule has 1 fully saturated rings. The molecule has 102 valence electrons. The lowest BCUT2D eigenvalue weighted by Gasteiger charge is -2.34. The van der Waals surface area contributed by atoms with Crippen LogP contribution in [0, 0.1) is 0 Å². The molecule has 1 aliphatic rings. The van der Waals surface area contributed by atoms with E-state index in [9.17, 15) is 0 Å². The van der Waals surface area contributed by atoms with E-state index in [0.29, 0.717) is 0 Å². The van der Waals surface area contributed by atoms with E-state index >= 15 is 0 Å². The van der Waals surface area contributed by atoms with Crippen molar-refractivity contribution >= 4 is 16.5 Å². The molecule has 0 radical (unpaired) electrons. The van der Waals surface area contributed by atoms with E-state index in [4.69, 9.17) is 0 Å². The summed E-state index contributed by atoms with van der Waals surface area (Å²) < 4.78 is 4.09. The molecule has 0 saturated carbocycles. The summed E-state index contributed by atoms with van der Waals surface area (Å²) >= 11 is 1.49. The number of piperidine rings is 1. The number of aromatic nitrogens is 2. The molecule has 1 aromatic rings. The van der Waals surface area contributed by atoms with E-state index in [1.54, 1.807) is 0 Å². The SMILES string of the molecule is CCCNc1snnc1CN1CCCCC1CC. The van der Waals surface area contributed by atoms with Gasteiger partial charge in [-0.3, -0.25) is 4.90 Å². The molecule has 4 nitrogen and oxygen atoms in total. The maximum absolute atomic E-state index is 4.30. The molecule has 1 atom stereocenters. The first-order chi connectivity index (χ1) is 8.85. The van der Waals surface area contributed by atoms with Crippen LogP contribution in [0.25, 0.3) is 0 Å². The van der Waals surface area contributed by atoms with Crippen molar-refractivity contribution in [2.75, 3.05) is 18.4 Å². The molecular formula is C13H24N4S. The molecule has 18 heavy (non-hydrogen) atoms. The van der Waals surface area contributed by atoms with Crippen molar-refractivity contribution in [1.82, 2.24) is 14.5 Å². The number of anilines is 1. The lowest BCUT2D eigenvalue weighted by atomic mass is 10.00. The highest BCUT2D eigenvalue weighted by molar-refractivity contribution is 7.10. The summed E-state index contributed by atoms with van der Waals surface area (Å²) in [6.45, 7) is 7.65. The van der Waals surface area contributed by atoms with Crippen LogP contribution in [0.2, 0.25) is 0 Å². The predicted molar refractivity (Wildman–Crippen MR) is 77.0 cm³/mol. The van der Waals surface area contributed by atoms with E-state index < -0.39 is 0 Å². The van der Waals surface area contributed by atoms with Crippen molar-refractivity contribution in [3.8, 4) is 0 Å². The van der Waals surface area contributed by atoms with Gasteiger partial charge in [0.2, 0.25) is 0 Å². The first kappa shape index (κ1) is 13.7. The number of likely N-dealkylation sites (tertiary alicyclic amines) is 1. The Balaban J connectivity index is 1.96. The van der Waals surface area contributed by atoms with Crippen LogP contribution in [0.1, 0.15) is 51.6 Å². The van der Waals surface area contributed by atoms with Gasteiger partial charge in [0.1, 0.15) is 10.7 Å². The van der Waals surface area contributed by atoms with Crippen molar-refractivity contribution in [1.29, 1.82) is 0 Å².